The summed E-state index contributed by atoms with van der Waals surface area (Å²) in [5.74, 6) is 1.13. The molecule has 3 aromatic rings. The summed E-state index contributed by atoms with van der Waals surface area (Å²) < 4.78 is 11.9. The summed E-state index contributed by atoms with van der Waals surface area (Å²) in [6, 6.07) is 15.3. The minimum atomic E-state index is -0.255. The molecule has 3 rings (SSSR count). The quantitative estimate of drug-likeness (QED) is 0.305. The number of aromatic nitrogens is 2. The number of thioether (sulfide) groups is 1. The third-order valence-electron chi connectivity index (χ3n) is 3.58. The molecule has 150 valence electrons. The number of nitrogens with zero attached hydrogens (tertiary/aromatic N) is 3. The molecule has 10 heteroatoms. The number of hydrogen-bond donors (Lipinski definition) is 2. The van der Waals surface area contributed by atoms with Crippen molar-refractivity contribution in [1.29, 1.82) is 0 Å². The Bertz CT molecular complexity index is 979. The Morgan fingerprint density at radius 3 is 2.79 bits per heavy atom. The number of amides is 1. The molecule has 0 fully saturated rings. The van der Waals surface area contributed by atoms with Gasteiger partial charge < -0.3 is 15.2 Å². The molecular formula is C19H19N5O3S2. The van der Waals surface area contributed by atoms with E-state index in [0.717, 1.165) is 11.1 Å². The molecule has 0 spiro atoms. The Labute approximate surface area is 176 Å². The molecule has 29 heavy (non-hydrogen) atoms. The van der Waals surface area contributed by atoms with Crippen molar-refractivity contribution in [3.63, 3.8) is 0 Å². The molecular weight excluding hydrogens is 410 g/mol. The van der Waals surface area contributed by atoms with Crippen molar-refractivity contribution >= 4 is 40.4 Å². The van der Waals surface area contributed by atoms with Crippen LogP contribution in [-0.4, -0.2) is 35.2 Å². The number of hydrogen-bond acceptors (Lipinski definition) is 9. The maximum absolute atomic E-state index is 11.8. The Hall–Kier alpha value is -3.11. The zero-order valence-corrected chi connectivity index (χ0v) is 17.2. The van der Waals surface area contributed by atoms with Gasteiger partial charge in [0.05, 0.1) is 19.1 Å². The summed E-state index contributed by atoms with van der Waals surface area (Å²) in [7, 11) is 1.57. The molecule has 0 aliphatic rings. The van der Waals surface area contributed by atoms with Crippen LogP contribution in [0, 0.1) is 0 Å². The summed E-state index contributed by atoms with van der Waals surface area (Å²) in [5.41, 5.74) is 9.80. The van der Waals surface area contributed by atoms with Gasteiger partial charge in [-0.2, -0.15) is 5.10 Å². The van der Waals surface area contributed by atoms with Crippen molar-refractivity contribution in [1.82, 2.24) is 15.6 Å². The number of nitrogens with two attached hydrogens (primary N) is 1. The SMILES string of the molecule is COc1cc(C=NNC(=O)CSc2nnc(N)s2)ccc1OCc1ccccc1. The van der Waals surface area contributed by atoms with Crippen LogP contribution in [0.25, 0.3) is 0 Å². The van der Waals surface area contributed by atoms with Crippen molar-refractivity contribution in [2.24, 2.45) is 5.10 Å². The first-order chi connectivity index (χ1) is 14.1. The molecule has 0 saturated carbocycles. The van der Waals surface area contributed by atoms with Gasteiger partial charge in [0, 0.05) is 0 Å². The fourth-order valence-corrected chi connectivity index (χ4v) is 3.66. The van der Waals surface area contributed by atoms with E-state index >= 15 is 0 Å². The average Bonchev–Trinajstić information content (AvgIpc) is 3.17. The van der Waals surface area contributed by atoms with Crippen LogP contribution in [0.3, 0.4) is 0 Å². The number of hydrazone groups is 1. The number of anilines is 1. The second-order valence-corrected chi connectivity index (χ2v) is 7.90. The van der Waals surface area contributed by atoms with Crippen LogP contribution < -0.4 is 20.6 Å². The zero-order valence-electron chi connectivity index (χ0n) is 15.6. The number of ether oxygens (including phenoxy) is 2. The third kappa shape index (κ3) is 6.47. The van der Waals surface area contributed by atoms with Gasteiger partial charge in [-0.15, -0.1) is 10.2 Å². The van der Waals surface area contributed by atoms with Gasteiger partial charge in [-0.3, -0.25) is 4.79 Å². The second-order valence-electron chi connectivity index (χ2n) is 5.67. The lowest BCUT2D eigenvalue weighted by Crippen LogP contribution is -2.19. The molecule has 0 atom stereocenters. The predicted octanol–water partition coefficient (Wildman–Crippen LogP) is 2.95. The second kappa shape index (κ2) is 10.4. The van der Waals surface area contributed by atoms with Crippen LogP contribution in [0.2, 0.25) is 0 Å². The minimum Gasteiger partial charge on any atom is -0.493 e. The normalized spacial score (nSPS) is 10.8. The number of nitrogen functional groups attached to an aromatic ring is 1. The molecule has 0 unspecified atom stereocenters. The van der Waals surface area contributed by atoms with E-state index in [4.69, 9.17) is 15.2 Å². The van der Waals surface area contributed by atoms with E-state index in [1.54, 1.807) is 19.2 Å². The summed E-state index contributed by atoms with van der Waals surface area (Å²) in [5, 5.41) is 11.9. The van der Waals surface area contributed by atoms with Crippen molar-refractivity contribution < 1.29 is 14.3 Å². The van der Waals surface area contributed by atoms with Gasteiger partial charge in [0.2, 0.25) is 5.13 Å². The van der Waals surface area contributed by atoms with Crippen LogP contribution >= 0.6 is 23.1 Å². The van der Waals surface area contributed by atoms with Crippen molar-refractivity contribution in [3.05, 3.63) is 59.7 Å². The summed E-state index contributed by atoms with van der Waals surface area (Å²) >= 11 is 2.48. The lowest BCUT2D eigenvalue weighted by molar-refractivity contribution is -0.118. The van der Waals surface area contributed by atoms with Crippen molar-refractivity contribution in [2.45, 2.75) is 10.9 Å². The molecule has 3 N–H and O–H groups in total. The minimum absolute atomic E-state index is 0.168. The number of carbonyl (C=O) groups is 1. The highest BCUT2D eigenvalue weighted by Gasteiger charge is 2.07. The smallest absolute Gasteiger partial charge is 0.250 e. The topological polar surface area (TPSA) is 112 Å². The fourth-order valence-electron chi connectivity index (χ4n) is 2.24. The van der Waals surface area contributed by atoms with Crippen LogP contribution in [0.1, 0.15) is 11.1 Å². The highest BCUT2D eigenvalue weighted by molar-refractivity contribution is 8.01. The average molecular weight is 430 g/mol. The first-order valence-corrected chi connectivity index (χ1v) is 10.3. The highest BCUT2D eigenvalue weighted by Crippen LogP contribution is 2.28. The van der Waals surface area contributed by atoms with E-state index in [-0.39, 0.29) is 11.7 Å². The molecule has 0 aliphatic carbocycles. The van der Waals surface area contributed by atoms with Gasteiger partial charge in [-0.1, -0.05) is 53.4 Å². The fraction of sp³-hybridized carbons (Fsp3) is 0.158. The van der Waals surface area contributed by atoms with Gasteiger partial charge in [-0.25, -0.2) is 5.43 Å². The summed E-state index contributed by atoms with van der Waals surface area (Å²) in [4.78, 5) is 11.8. The van der Waals surface area contributed by atoms with Crippen molar-refractivity contribution in [3.8, 4) is 11.5 Å². The Morgan fingerprint density at radius 2 is 2.07 bits per heavy atom. The van der Waals surface area contributed by atoms with Crippen LogP contribution in [0.5, 0.6) is 11.5 Å². The number of methoxy groups -OCH3 is 1. The molecule has 2 aromatic carbocycles. The zero-order chi connectivity index (χ0) is 20.5. The summed E-state index contributed by atoms with van der Waals surface area (Å²) in [6.45, 7) is 0.443. The van der Waals surface area contributed by atoms with Crippen molar-refractivity contribution in [2.75, 3.05) is 18.6 Å². The number of rotatable bonds is 9. The first-order valence-electron chi connectivity index (χ1n) is 8.52. The van der Waals surface area contributed by atoms with E-state index in [0.29, 0.717) is 27.6 Å². The maximum atomic E-state index is 11.8. The Morgan fingerprint density at radius 1 is 1.24 bits per heavy atom. The van der Waals surface area contributed by atoms with E-state index in [1.165, 1.54) is 29.3 Å². The predicted molar refractivity (Wildman–Crippen MR) is 115 cm³/mol. The Balaban J connectivity index is 1.51. The Kier molecular flexibility index (Phi) is 7.42. The standard InChI is InChI=1S/C19H19N5O3S2/c1-26-16-9-14(7-8-15(16)27-11-13-5-3-2-4-6-13)10-21-22-17(25)12-28-19-24-23-18(20)29-19/h2-10H,11-12H2,1H3,(H2,20,23)(H,22,25). The first kappa shape index (κ1) is 20.6. The molecule has 0 aliphatic heterocycles. The molecule has 1 aromatic heterocycles. The molecule has 0 bridgehead atoms. The lowest BCUT2D eigenvalue weighted by atomic mass is 10.2. The van der Waals surface area contributed by atoms with Gasteiger partial charge in [0.25, 0.3) is 5.91 Å². The molecule has 8 nitrogen and oxygen atoms in total. The molecule has 1 heterocycles. The maximum Gasteiger partial charge on any atom is 0.250 e. The molecule has 1 amide bonds. The van der Waals surface area contributed by atoms with Gasteiger partial charge >= 0.3 is 0 Å². The number of carbonyl (C=O) groups excluding carboxylic acids is 1. The van der Waals surface area contributed by atoms with Gasteiger partial charge in [0.15, 0.2) is 15.8 Å². The molecule has 0 saturated heterocycles. The van der Waals surface area contributed by atoms with E-state index < -0.39 is 0 Å². The lowest BCUT2D eigenvalue weighted by Gasteiger charge is -2.11. The van der Waals surface area contributed by atoms with Crippen LogP contribution in [0.4, 0.5) is 5.13 Å². The molecule has 0 radical (unpaired) electrons. The van der Waals surface area contributed by atoms with E-state index in [2.05, 4.69) is 20.7 Å². The monoisotopic (exact) mass is 429 g/mol. The third-order valence-corrected chi connectivity index (χ3v) is 5.46. The highest BCUT2D eigenvalue weighted by atomic mass is 32.2. The largest absolute Gasteiger partial charge is 0.493 e. The van der Waals surface area contributed by atoms with Gasteiger partial charge in [0.1, 0.15) is 6.61 Å². The van der Waals surface area contributed by atoms with E-state index in [9.17, 15) is 4.79 Å². The van der Waals surface area contributed by atoms with Crippen LogP contribution in [0.15, 0.2) is 58.0 Å². The van der Waals surface area contributed by atoms with E-state index in [1.807, 2.05) is 36.4 Å². The number of benzene rings is 2. The number of nitrogens with one attached hydrogen (secondary N) is 1. The summed E-state index contributed by atoms with van der Waals surface area (Å²) in [6.07, 6.45) is 1.54. The van der Waals surface area contributed by atoms with Crippen LogP contribution in [-0.2, 0) is 11.4 Å². The van der Waals surface area contributed by atoms with Gasteiger partial charge in [-0.05, 0) is 29.3 Å².